The number of fused-ring (bicyclic) bond motifs is 10. The van der Waals surface area contributed by atoms with Crippen molar-refractivity contribution in [2.75, 3.05) is 0 Å². The lowest BCUT2D eigenvalue weighted by molar-refractivity contribution is -0.183. The fourth-order valence-corrected chi connectivity index (χ4v) is 5.12. The van der Waals surface area contributed by atoms with Crippen LogP contribution < -0.4 is 0 Å². The first kappa shape index (κ1) is 4.13. The molecule has 10 heavy (non-hydrogen) atoms. The van der Waals surface area contributed by atoms with Gasteiger partial charge in [0.15, 0.2) is 0 Å². The van der Waals surface area contributed by atoms with E-state index in [9.17, 15) is 0 Å². The summed E-state index contributed by atoms with van der Waals surface area (Å²) in [5, 5.41) is 0. The molecule has 0 radical (unpaired) electrons. The highest BCUT2D eigenvalue weighted by molar-refractivity contribution is 5.31. The number of hydrogen-bond acceptors (Lipinski definition) is 0. The van der Waals surface area contributed by atoms with Crippen molar-refractivity contribution in [2.45, 2.75) is 12.8 Å². The van der Waals surface area contributed by atoms with Gasteiger partial charge in [-0.15, -0.1) is 0 Å². The summed E-state index contributed by atoms with van der Waals surface area (Å²) < 4.78 is 0. The van der Waals surface area contributed by atoms with E-state index in [0.717, 1.165) is 0 Å². The summed E-state index contributed by atoms with van der Waals surface area (Å²) in [6, 6.07) is 0. The smallest absolute Gasteiger partial charge is 0.0315 e. The van der Waals surface area contributed by atoms with Crippen molar-refractivity contribution in [1.82, 2.24) is 0 Å². The van der Waals surface area contributed by atoms with Gasteiger partial charge in [-0.2, -0.15) is 0 Å². The van der Waals surface area contributed by atoms with Crippen LogP contribution in [0.25, 0.3) is 0 Å². The van der Waals surface area contributed by atoms with Crippen molar-refractivity contribution in [1.29, 1.82) is 0 Å². The van der Waals surface area contributed by atoms with Crippen LogP contribution in [-0.2, 0) is 0 Å². The molecule has 0 aromatic rings. The summed E-state index contributed by atoms with van der Waals surface area (Å²) in [5.74, 6) is 10.4. The SMILES string of the molecule is C1[C@H]2C3C(C4C3[C@@H]3C[C@@H]43)[C@H]12. The van der Waals surface area contributed by atoms with Crippen LogP contribution >= 0.6 is 0 Å². The highest BCUT2D eigenvalue weighted by atomic mass is 14.9. The van der Waals surface area contributed by atoms with Gasteiger partial charge in [-0.25, -0.2) is 0 Å². The second-order valence-electron chi connectivity index (χ2n) is 5.44. The van der Waals surface area contributed by atoms with Crippen LogP contribution in [0.3, 0.4) is 0 Å². The van der Waals surface area contributed by atoms with E-state index in [1.54, 1.807) is 12.8 Å². The van der Waals surface area contributed by atoms with Crippen molar-refractivity contribution in [3.05, 3.63) is 0 Å². The maximum Gasteiger partial charge on any atom is -0.0315 e. The molecule has 0 saturated heterocycles. The quantitative estimate of drug-likeness (QED) is 0.441. The van der Waals surface area contributed by atoms with Gasteiger partial charge in [-0.3, -0.25) is 0 Å². The van der Waals surface area contributed by atoms with Crippen molar-refractivity contribution in [3.63, 3.8) is 0 Å². The van der Waals surface area contributed by atoms with Gasteiger partial charge in [-0.1, -0.05) is 0 Å². The zero-order valence-electron chi connectivity index (χ0n) is 6.03. The molecule has 0 heteroatoms. The normalized spacial score (nSPS) is 91.2. The van der Waals surface area contributed by atoms with Crippen molar-refractivity contribution in [3.8, 4) is 0 Å². The van der Waals surface area contributed by atoms with E-state index in [1.165, 1.54) is 47.3 Å². The molecule has 0 aromatic carbocycles. The summed E-state index contributed by atoms with van der Waals surface area (Å²) in [7, 11) is 0. The lowest BCUT2D eigenvalue weighted by Crippen LogP contribution is -2.62. The topological polar surface area (TPSA) is 0 Å². The third kappa shape index (κ3) is 0.202. The predicted molar refractivity (Wildman–Crippen MR) is 37.2 cm³/mol. The van der Waals surface area contributed by atoms with E-state index >= 15 is 0 Å². The van der Waals surface area contributed by atoms with Crippen LogP contribution in [0.4, 0.5) is 0 Å². The van der Waals surface area contributed by atoms with Crippen molar-refractivity contribution < 1.29 is 0 Å². The van der Waals surface area contributed by atoms with Crippen molar-refractivity contribution >= 4 is 0 Å². The minimum absolute atomic E-state index is 1.28. The van der Waals surface area contributed by atoms with Gasteiger partial charge in [0.1, 0.15) is 0 Å². The molecule has 0 heterocycles. The summed E-state index contributed by atoms with van der Waals surface area (Å²) in [6.45, 7) is 0. The van der Waals surface area contributed by atoms with Crippen LogP contribution in [-0.4, -0.2) is 0 Å². The van der Waals surface area contributed by atoms with E-state index in [4.69, 9.17) is 0 Å². The average Bonchev–Trinajstić information content (AvgIpc) is 2.65. The molecule has 5 aliphatic carbocycles. The van der Waals surface area contributed by atoms with Gasteiger partial charge in [0.25, 0.3) is 0 Å². The number of hydrogen-bond donors (Lipinski definition) is 0. The third-order valence-electron chi connectivity index (χ3n) is 5.54. The summed E-state index contributed by atoms with van der Waals surface area (Å²) in [5.41, 5.74) is 0. The molecule has 0 bridgehead atoms. The molecular weight excluding hydrogens is 120 g/mol. The third-order valence-corrected chi connectivity index (χ3v) is 5.54. The summed E-state index contributed by atoms with van der Waals surface area (Å²) in [6.07, 6.45) is 3.31. The van der Waals surface area contributed by atoms with Crippen molar-refractivity contribution in [2.24, 2.45) is 47.3 Å². The van der Waals surface area contributed by atoms with Gasteiger partial charge in [0.05, 0.1) is 0 Å². The highest BCUT2D eigenvalue weighted by Gasteiger charge is 2.83. The largest absolute Gasteiger partial charge is 0.0465 e. The zero-order valence-corrected chi connectivity index (χ0v) is 6.03. The average molecular weight is 132 g/mol. The Labute approximate surface area is 61.0 Å². The van der Waals surface area contributed by atoms with Gasteiger partial charge < -0.3 is 0 Å². The first-order valence-corrected chi connectivity index (χ1v) is 4.97. The Morgan fingerprint density at radius 2 is 0.800 bits per heavy atom. The van der Waals surface area contributed by atoms with Crippen LogP contribution in [0.15, 0.2) is 0 Å². The molecule has 0 aliphatic heterocycles. The Bertz CT molecular complexity index is 186. The maximum absolute atomic E-state index is 1.65. The molecule has 0 unspecified atom stereocenters. The minimum Gasteiger partial charge on any atom is -0.0465 e. The first-order chi connectivity index (χ1) is 4.97. The molecule has 4 atom stereocenters. The molecule has 0 amide bonds. The van der Waals surface area contributed by atoms with Gasteiger partial charge >= 0.3 is 0 Å². The predicted octanol–water partition coefficient (Wildman–Crippen LogP) is 1.76. The molecule has 52 valence electrons. The molecule has 5 fully saturated rings. The molecule has 0 spiro atoms. The fourth-order valence-electron chi connectivity index (χ4n) is 5.12. The maximum atomic E-state index is 1.65. The van der Waals surface area contributed by atoms with E-state index in [1.807, 2.05) is 0 Å². The van der Waals surface area contributed by atoms with E-state index in [2.05, 4.69) is 0 Å². The monoisotopic (exact) mass is 132 g/mol. The van der Waals surface area contributed by atoms with Crippen LogP contribution in [0.2, 0.25) is 0 Å². The Morgan fingerprint density at radius 1 is 0.500 bits per heavy atom. The van der Waals surface area contributed by atoms with Gasteiger partial charge in [0, 0.05) is 0 Å². The Kier molecular flexibility index (Phi) is 0.352. The Balaban J connectivity index is 1.67. The van der Waals surface area contributed by atoms with Gasteiger partial charge in [-0.05, 0) is 60.2 Å². The standard InChI is InChI=1S/C10H12/c1-3-4(1)8-7(3)9-5-2-6(5)10(8)9/h3-10H,1-2H2/t3-,4-,5-,6-,7?,8?,9?,10?/m1/s1. The Hall–Kier alpha value is 0. The zero-order chi connectivity index (χ0) is 6.03. The van der Waals surface area contributed by atoms with E-state index < -0.39 is 0 Å². The molecule has 0 N–H and O–H groups in total. The highest BCUT2D eigenvalue weighted by Crippen LogP contribution is 2.88. The van der Waals surface area contributed by atoms with Crippen LogP contribution in [0, 0.1) is 47.3 Å². The first-order valence-electron chi connectivity index (χ1n) is 4.97. The summed E-state index contributed by atoms with van der Waals surface area (Å²) in [4.78, 5) is 0. The summed E-state index contributed by atoms with van der Waals surface area (Å²) >= 11 is 0. The lowest BCUT2D eigenvalue weighted by Gasteiger charge is -2.65. The molecule has 5 aliphatic rings. The van der Waals surface area contributed by atoms with Crippen LogP contribution in [0.1, 0.15) is 12.8 Å². The number of rotatable bonds is 0. The van der Waals surface area contributed by atoms with E-state index in [-0.39, 0.29) is 0 Å². The molecule has 5 rings (SSSR count). The second kappa shape index (κ2) is 0.852. The molecule has 0 nitrogen and oxygen atoms in total. The van der Waals surface area contributed by atoms with Gasteiger partial charge in [0.2, 0.25) is 0 Å². The molecule has 5 saturated carbocycles. The van der Waals surface area contributed by atoms with Crippen LogP contribution in [0.5, 0.6) is 0 Å². The fraction of sp³-hybridized carbons (Fsp3) is 1.00. The molecular formula is C10H12. The second-order valence-corrected chi connectivity index (χ2v) is 5.44. The Morgan fingerprint density at radius 3 is 1.10 bits per heavy atom. The van der Waals surface area contributed by atoms with E-state index in [0.29, 0.717) is 0 Å². The molecule has 0 aromatic heterocycles. The minimum atomic E-state index is 1.28. The lowest BCUT2D eigenvalue weighted by atomic mass is 9.39.